The third-order valence-corrected chi connectivity index (χ3v) is 4.13. The van der Waals surface area contributed by atoms with Crippen LogP contribution >= 0.6 is 11.8 Å². The maximum absolute atomic E-state index is 5.67. The van der Waals surface area contributed by atoms with Crippen LogP contribution in [-0.2, 0) is 10.0 Å². The first-order chi connectivity index (χ1) is 10.4. The Kier molecular flexibility index (Phi) is 2.71. The fraction of sp³-hybridized carbons (Fsp3) is 0.0833. The molecule has 0 spiro atoms. The number of oxime groups is 1. The lowest BCUT2D eigenvalue weighted by atomic mass is 10.2. The molecule has 3 aromatic rings. The van der Waals surface area contributed by atoms with Crippen LogP contribution in [0.4, 0.5) is 0 Å². The van der Waals surface area contributed by atoms with Crippen molar-refractivity contribution in [2.24, 2.45) is 5.16 Å². The van der Waals surface area contributed by atoms with Crippen LogP contribution in [0.5, 0.6) is 0 Å². The third kappa shape index (κ3) is 1.89. The molecular formula is C12H9N7OS. The van der Waals surface area contributed by atoms with Crippen molar-refractivity contribution in [3.8, 4) is 0 Å². The molecule has 1 aromatic carbocycles. The zero-order chi connectivity index (χ0) is 14.1. The summed E-state index contributed by atoms with van der Waals surface area (Å²) in [6.07, 6.45) is 5.97. The highest BCUT2D eigenvalue weighted by atomic mass is 32.2. The van der Waals surface area contributed by atoms with Crippen LogP contribution < -0.4 is 0 Å². The molecule has 0 bridgehead atoms. The molecule has 0 saturated heterocycles. The Morgan fingerprint density at radius 2 is 1.62 bits per heavy atom. The number of hydrogen-bond acceptors (Lipinski definition) is 7. The Hall–Kier alpha value is -2.68. The smallest absolute Gasteiger partial charge is 0.329 e. The van der Waals surface area contributed by atoms with Gasteiger partial charge in [-0.05, 0) is 11.8 Å². The molecule has 2 aromatic heterocycles. The van der Waals surface area contributed by atoms with Gasteiger partial charge in [0.15, 0.2) is 5.04 Å². The van der Waals surface area contributed by atoms with E-state index in [1.54, 1.807) is 22.0 Å². The third-order valence-electron chi connectivity index (χ3n) is 2.91. The van der Waals surface area contributed by atoms with Crippen LogP contribution in [0, 0.1) is 0 Å². The molecular weight excluding hydrogens is 290 g/mol. The van der Waals surface area contributed by atoms with Gasteiger partial charge in [0.2, 0.25) is 0 Å². The number of aromatic nitrogens is 6. The maximum Gasteiger partial charge on any atom is 0.385 e. The van der Waals surface area contributed by atoms with E-state index < -0.39 is 5.18 Å². The van der Waals surface area contributed by atoms with Crippen LogP contribution in [0.15, 0.2) is 60.8 Å². The van der Waals surface area contributed by atoms with E-state index in [0.717, 1.165) is 10.6 Å². The highest BCUT2D eigenvalue weighted by Gasteiger charge is 2.47. The molecule has 4 rings (SSSR count). The molecule has 0 fully saturated rings. The van der Waals surface area contributed by atoms with Crippen LogP contribution in [0.3, 0.4) is 0 Å². The summed E-state index contributed by atoms with van der Waals surface area (Å²) in [4.78, 5) is 13.6. The minimum Gasteiger partial charge on any atom is -0.329 e. The molecule has 9 heteroatoms. The molecule has 0 unspecified atom stereocenters. The van der Waals surface area contributed by atoms with Gasteiger partial charge in [-0.1, -0.05) is 35.5 Å². The highest BCUT2D eigenvalue weighted by molar-refractivity contribution is 8.15. The lowest BCUT2D eigenvalue weighted by Crippen LogP contribution is -2.39. The first-order valence-electron chi connectivity index (χ1n) is 6.09. The van der Waals surface area contributed by atoms with Gasteiger partial charge >= 0.3 is 5.18 Å². The molecule has 3 heterocycles. The van der Waals surface area contributed by atoms with Crippen LogP contribution in [-0.4, -0.2) is 34.6 Å². The molecule has 0 aliphatic carbocycles. The van der Waals surface area contributed by atoms with Gasteiger partial charge in [-0.15, -0.1) is 0 Å². The van der Waals surface area contributed by atoms with Crippen LogP contribution in [0.25, 0.3) is 0 Å². The molecule has 104 valence electrons. The second-order valence-electron chi connectivity index (χ2n) is 4.18. The van der Waals surface area contributed by atoms with Crippen molar-refractivity contribution in [2.45, 2.75) is 5.18 Å². The summed E-state index contributed by atoms with van der Waals surface area (Å²) >= 11 is 1.38. The largest absolute Gasteiger partial charge is 0.385 e. The monoisotopic (exact) mass is 299 g/mol. The molecule has 0 radical (unpaired) electrons. The predicted molar refractivity (Wildman–Crippen MR) is 75.1 cm³/mol. The number of hydrogen-bond donors (Lipinski definition) is 0. The Bertz CT molecular complexity index is 720. The van der Waals surface area contributed by atoms with E-state index in [-0.39, 0.29) is 0 Å². The van der Waals surface area contributed by atoms with Gasteiger partial charge in [0.25, 0.3) is 0 Å². The van der Waals surface area contributed by atoms with Crippen molar-refractivity contribution in [2.75, 3.05) is 0 Å². The quantitative estimate of drug-likeness (QED) is 0.720. The van der Waals surface area contributed by atoms with E-state index >= 15 is 0 Å². The standard InChI is InChI=1S/C12H9N7OS/c1-2-4-10(5-3-1)11-17-20-12(21-11,18-8-13-6-15-18)19-9-14-7-16-19/h1-9H. The average molecular weight is 299 g/mol. The molecule has 1 aliphatic rings. The number of nitrogens with zero attached hydrogens (tertiary/aromatic N) is 7. The summed E-state index contributed by atoms with van der Waals surface area (Å²) in [5, 5.41) is 12.1. The van der Waals surface area contributed by atoms with E-state index in [2.05, 4.69) is 25.3 Å². The number of thioether (sulfide) groups is 1. The Balaban J connectivity index is 1.76. The van der Waals surface area contributed by atoms with E-state index in [9.17, 15) is 0 Å². The summed E-state index contributed by atoms with van der Waals surface area (Å²) in [5.41, 5.74) is 0.963. The van der Waals surface area contributed by atoms with Gasteiger partial charge in [0.1, 0.15) is 25.3 Å². The highest BCUT2D eigenvalue weighted by Crippen LogP contribution is 2.40. The average Bonchev–Trinajstić information content (AvgIpc) is 3.28. The second kappa shape index (κ2) is 4.70. The van der Waals surface area contributed by atoms with Crippen molar-refractivity contribution >= 4 is 16.8 Å². The summed E-state index contributed by atoms with van der Waals surface area (Å²) in [7, 11) is 0. The minimum atomic E-state index is -1.09. The normalized spacial score (nSPS) is 16.5. The van der Waals surface area contributed by atoms with Crippen molar-refractivity contribution in [3.05, 3.63) is 61.2 Å². The van der Waals surface area contributed by atoms with Gasteiger partial charge in [-0.3, -0.25) is 0 Å². The van der Waals surface area contributed by atoms with Crippen molar-refractivity contribution in [1.29, 1.82) is 0 Å². The SMILES string of the molecule is c1ccc(C2=NOC(n3cncn3)(n3cncn3)S2)cc1. The van der Waals surface area contributed by atoms with Gasteiger partial charge in [-0.2, -0.15) is 19.6 Å². The molecule has 0 N–H and O–H groups in total. The number of rotatable bonds is 3. The summed E-state index contributed by atoms with van der Waals surface area (Å²) in [6, 6.07) is 9.78. The van der Waals surface area contributed by atoms with Crippen molar-refractivity contribution in [3.63, 3.8) is 0 Å². The topological polar surface area (TPSA) is 83.0 Å². The van der Waals surface area contributed by atoms with Gasteiger partial charge in [-0.25, -0.2) is 9.97 Å². The Morgan fingerprint density at radius 3 is 2.19 bits per heavy atom. The lowest BCUT2D eigenvalue weighted by Gasteiger charge is -2.24. The zero-order valence-corrected chi connectivity index (χ0v) is 11.5. The molecule has 21 heavy (non-hydrogen) atoms. The number of benzene rings is 1. The lowest BCUT2D eigenvalue weighted by molar-refractivity contribution is -0.0607. The minimum absolute atomic E-state index is 0.738. The van der Waals surface area contributed by atoms with Crippen LogP contribution in [0.1, 0.15) is 5.56 Å². The summed E-state index contributed by atoms with van der Waals surface area (Å²) in [6.45, 7) is 0. The van der Waals surface area contributed by atoms with Crippen molar-refractivity contribution in [1.82, 2.24) is 29.5 Å². The van der Waals surface area contributed by atoms with E-state index in [1.165, 1.54) is 24.4 Å². The Labute approximate surface area is 123 Å². The van der Waals surface area contributed by atoms with Gasteiger partial charge < -0.3 is 4.84 Å². The molecule has 0 atom stereocenters. The molecule has 8 nitrogen and oxygen atoms in total. The van der Waals surface area contributed by atoms with E-state index in [1.807, 2.05) is 30.3 Å². The maximum atomic E-state index is 5.67. The second-order valence-corrected chi connectivity index (χ2v) is 5.31. The van der Waals surface area contributed by atoms with E-state index in [0.29, 0.717) is 0 Å². The van der Waals surface area contributed by atoms with Gasteiger partial charge in [0.05, 0.1) is 0 Å². The first-order valence-corrected chi connectivity index (χ1v) is 6.91. The van der Waals surface area contributed by atoms with Crippen LogP contribution in [0.2, 0.25) is 0 Å². The fourth-order valence-electron chi connectivity index (χ4n) is 1.95. The first kappa shape index (κ1) is 12.1. The van der Waals surface area contributed by atoms with Gasteiger partial charge in [0, 0.05) is 5.56 Å². The summed E-state index contributed by atoms with van der Waals surface area (Å²) in [5.74, 6) is 0. The molecule has 0 amide bonds. The van der Waals surface area contributed by atoms with Crippen molar-refractivity contribution < 1.29 is 4.84 Å². The molecule has 0 saturated carbocycles. The predicted octanol–water partition coefficient (Wildman–Crippen LogP) is 1.11. The zero-order valence-electron chi connectivity index (χ0n) is 10.6. The fourth-order valence-corrected chi connectivity index (χ4v) is 2.98. The Morgan fingerprint density at radius 1 is 0.952 bits per heavy atom. The molecule has 1 aliphatic heterocycles. The summed E-state index contributed by atoms with van der Waals surface area (Å²) < 4.78 is 3.09. The van der Waals surface area contributed by atoms with E-state index in [4.69, 9.17) is 4.84 Å².